The highest BCUT2D eigenvalue weighted by molar-refractivity contribution is 9.09. The number of hydrogen-bond donors (Lipinski definition) is 0. The van der Waals surface area contributed by atoms with Crippen LogP contribution in [-0.4, -0.2) is 22.2 Å². The fraction of sp³-hybridized carbons (Fsp3) is 1.00. The van der Waals surface area contributed by atoms with Gasteiger partial charge >= 0.3 is 0 Å². The molecular weight excluding hydrogens is 384 g/mol. The van der Waals surface area contributed by atoms with E-state index in [-0.39, 0.29) is 0 Å². The Bertz CT molecular complexity index is 126. The van der Waals surface area contributed by atoms with Gasteiger partial charge in [0.05, 0.1) is 0 Å². The lowest BCUT2D eigenvalue weighted by Crippen LogP contribution is -1.84. The van der Waals surface area contributed by atoms with Crippen LogP contribution in [0.25, 0.3) is 0 Å². The molecule has 104 valence electrons. The third-order valence-electron chi connectivity index (χ3n) is 2.32. The molecule has 0 fully saturated rings. The molecule has 1 nitrogen and oxygen atoms in total. The Morgan fingerprint density at radius 2 is 1.00 bits per heavy atom. The van der Waals surface area contributed by atoms with Crippen molar-refractivity contribution >= 4 is 55.9 Å². The van der Waals surface area contributed by atoms with Gasteiger partial charge in [0.1, 0.15) is 0 Å². The molecule has 17 heavy (non-hydrogen) atoms. The van der Waals surface area contributed by atoms with E-state index in [9.17, 15) is 0 Å². The molecule has 0 aromatic carbocycles. The number of halogens is 2. The zero-order valence-electron chi connectivity index (χ0n) is 10.5. The van der Waals surface area contributed by atoms with Crippen molar-refractivity contribution in [1.29, 1.82) is 0 Å². The topological polar surface area (TPSA) is 9.23 Å². The summed E-state index contributed by atoms with van der Waals surface area (Å²) in [5.74, 6) is 2.28. The Labute approximate surface area is 132 Å². The summed E-state index contributed by atoms with van der Waals surface area (Å²) in [4.78, 5) is 0. The minimum absolute atomic E-state index is 1.14. The van der Waals surface area contributed by atoms with Gasteiger partial charge in [-0.05, 0) is 25.7 Å². The third kappa shape index (κ3) is 17.6. The van der Waals surface area contributed by atoms with Crippen molar-refractivity contribution in [3.63, 3.8) is 0 Å². The zero-order chi connectivity index (χ0) is 12.6. The van der Waals surface area contributed by atoms with Gasteiger partial charge in [-0.2, -0.15) is 0 Å². The van der Waals surface area contributed by atoms with Crippen molar-refractivity contribution in [1.82, 2.24) is 0 Å². The standard InChI is InChI=1S/C12H24Br2OS2/c13-9-5-1-3-7-11-16-15-17-12-8-4-2-6-10-14/h1-12H2. The van der Waals surface area contributed by atoms with E-state index < -0.39 is 0 Å². The summed E-state index contributed by atoms with van der Waals surface area (Å²) in [5.41, 5.74) is 0. The van der Waals surface area contributed by atoms with Gasteiger partial charge in [0.2, 0.25) is 0 Å². The van der Waals surface area contributed by atoms with Gasteiger partial charge in [0, 0.05) is 46.3 Å². The van der Waals surface area contributed by atoms with Crippen LogP contribution in [0.5, 0.6) is 0 Å². The first-order valence-electron chi connectivity index (χ1n) is 6.45. The van der Waals surface area contributed by atoms with Gasteiger partial charge in [-0.15, -0.1) is 0 Å². The van der Waals surface area contributed by atoms with Crippen LogP contribution in [0, 0.1) is 0 Å². The van der Waals surface area contributed by atoms with E-state index in [1.165, 1.54) is 51.4 Å². The van der Waals surface area contributed by atoms with Gasteiger partial charge in [-0.1, -0.05) is 57.5 Å². The summed E-state index contributed by atoms with van der Waals surface area (Å²) >= 11 is 10.1. The summed E-state index contributed by atoms with van der Waals surface area (Å²) in [6, 6.07) is 0. The molecule has 0 amide bonds. The molecule has 0 heterocycles. The van der Waals surface area contributed by atoms with E-state index in [1.54, 1.807) is 24.1 Å². The molecule has 5 heteroatoms. The highest BCUT2D eigenvalue weighted by Gasteiger charge is 1.94. The summed E-state index contributed by atoms with van der Waals surface area (Å²) in [6.07, 6.45) is 10.5. The molecule has 0 unspecified atom stereocenters. The first-order valence-corrected chi connectivity index (χ1v) is 10.5. The van der Waals surface area contributed by atoms with Crippen LogP contribution >= 0.6 is 55.9 Å². The summed E-state index contributed by atoms with van der Waals surface area (Å²) in [5, 5.41) is 2.28. The van der Waals surface area contributed by atoms with Crippen molar-refractivity contribution in [3.05, 3.63) is 0 Å². The first kappa shape index (κ1) is 18.6. The molecule has 0 aromatic rings. The molecule has 0 N–H and O–H groups in total. The highest BCUT2D eigenvalue weighted by atomic mass is 79.9. The fourth-order valence-electron chi connectivity index (χ4n) is 1.32. The molecule has 0 aliphatic rings. The molecule has 0 rings (SSSR count). The minimum atomic E-state index is 1.14. The lowest BCUT2D eigenvalue weighted by atomic mass is 10.2. The maximum Gasteiger partial charge on any atom is 0.0210 e. The average Bonchev–Trinajstić information content (AvgIpc) is 2.35. The third-order valence-corrected chi connectivity index (χ3v) is 5.12. The summed E-state index contributed by atoms with van der Waals surface area (Å²) < 4.78 is 5.46. The normalized spacial score (nSPS) is 10.9. The molecular formula is C12H24Br2OS2. The highest BCUT2D eigenvalue weighted by Crippen LogP contribution is 2.18. The molecule has 0 saturated carbocycles. The van der Waals surface area contributed by atoms with Gasteiger partial charge in [0.15, 0.2) is 0 Å². The summed E-state index contributed by atoms with van der Waals surface area (Å²) in [6.45, 7) is 0. The van der Waals surface area contributed by atoms with Crippen LogP contribution in [-0.2, 0) is 3.63 Å². The second-order valence-electron chi connectivity index (χ2n) is 3.92. The molecule has 0 aromatic heterocycles. The van der Waals surface area contributed by atoms with E-state index in [0.717, 1.165) is 22.2 Å². The average molecular weight is 408 g/mol. The van der Waals surface area contributed by atoms with E-state index in [1.807, 2.05) is 0 Å². The van der Waals surface area contributed by atoms with Gasteiger partial charge < -0.3 is 0 Å². The lowest BCUT2D eigenvalue weighted by molar-refractivity contribution is 0.688. The van der Waals surface area contributed by atoms with E-state index >= 15 is 0 Å². The lowest BCUT2D eigenvalue weighted by Gasteiger charge is -2.02. The Morgan fingerprint density at radius 1 is 0.588 bits per heavy atom. The van der Waals surface area contributed by atoms with Crippen LogP contribution in [0.1, 0.15) is 51.4 Å². The second-order valence-corrected chi connectivity index (χ2v) is 7.34. The molecule has 0 radical (unpaired) electrons. The molecule has 0 spiro atoms. The maximum absolute atomic E-state index is 5.46. The van der Waals surface area contributed by atoms with E-state index in [2.05, 4.69) is 31.9 Å². The number of unbranched alkanes of at least 4 members (excludes halogenated alkanes) is 6. The predicted molar refractivity (Wildman–Crippen MR) is 90.5 cm³/mol. The number of alkyl halides is 2. The van der Waals surface area contributed by atoms with Crippen LogP contribution in [0.3, 0.4) is 0 Å². The largest absolute Gasteiger partial charge is 0.247 e. The number of hydrogen-bond acceptors (Lipinski definition) is 3. The van der Waals surface area contributed by atoms with Gasteiger partial charge in [0.25, 0.3) is 0 Å². The van der Waals surface area contributed by atoms with E-state index in [0.29, 0.717) is 0 Å². The molecule has 0 saturated heterocycles. The van der Waals surface area contributed by atoms with E-state index in [4.69, 9.17) is 3.63 Å². The van der Waals surface area contributed by atoms with Crippen molar-refractivity contribution in [2.24, 2.45) is 0 Å². The smallest absolute Gasteiger partial charge is 0.0210 e. The van der Waals surface area contributed by atoms with Crippen molar-refractivity contribution in [2.45, 2.75) is 51.4 Å². The molecule has 0 bridgehead atoms. The van der Waals surface area contributed by atoms with Crippen LogP contribution in [0.15, 0.2) is 0 Å². The summed E-state index contributed by atoms with van der Waals surface area (Å²) in [7, 11) is 0. The Hall–Kier alpha value is 1.62. The Kier molecular flexibility index (Phi) is 19.3. The Morgan fingerprint density at radius 3 is 1.41 bits per heavy atom. The van der Waals surface area contributed by atoms with Crippen LogP contribution in [0.4, 0.5) is 0 Å². The fourth-order valence-corrected chi connectivity index (χ4v) is 3.57. The van der Waals surface area contributed by atoms with Crippen LogP contribution < -0.4 is 0 Å². The zero-order valence-corrected chi connectivity index (χ0v) is 15.3. The quantitative estimate of drug-likeness (QED) is 0.192. The molecule has 0 aliphatic carbocycles. The SMILES string of the molecule is BrCCCCCCSOSCCCCCCBr. The molecule has 0 atom stereocenters. The van der Waals surface area contributed by atoms with Crippen LogP contribution in [0.2, 0.25) is 0 Å². The van der Waals surface area contributed by atoms with Gasteiger partial charge in [-0.3, -0.25) is 0 Å². The van der Waals surface area contributed by atoms with Crippen molar-refractivity contribution in [3.8, 4) is 0 Å². The maximum atomic E-state index is 5.46. The van der Waals surface area contributed by atoms with Crippen molar-refractivity contribution in [2.75, 3.05) is 22.2 Å². The monoisotopic (exact) mass is 406 g/mol. The first-order chi connectivity index (χ1) is 8.41. The Balaban J connectivity index is 2.85. The second kappa shape index (κ2) is 17.6. The number of rotatable bonds is 14. The molecule has 0 aliphatic heterocycles. The van der Waals surface area contributed by atoms with Gasteiger partial charge in [-0.25, -0.2) is 3.63 Å². The van der Waals surface area contributed by atoms with Crippen molar-refractivity contribution < 1.29 is 3.63 Å². The minimum Gasteiger partial charge on any atom is -0.247 e. The predicted octanol–water partition coefficient (Wildman–Crippen LogP) is 6.21.